The highest BCUT2D eigenvalue weighted by atomic mass is 79.9. The summed E-state index contributed by atoms with van der Waals surface area (Å²) >= 11 is 3.28. The Labute approximate surface area is 114 Å². The number of rotatable bonds is 7. The number of hydrogen-bond donors (Lipinski definition) is 4. The molecule has 6 nitrogen and oxygen atoms in total. The van der Waals surface area contributed by atoms with E-state index >= 15 is 0 Å². The van der Waals surface area contributed by atoms with Gasteiger partial charge in [0.15, 0.2) is 0 Å². The first-order valence-corrected chi connectivity index (χ1v) is 6.52. The molecule has 0 aliphatic carbocycles. The van der Waals surface area contributed by atoms with Crippen LogP contribution >= 0.6 is 15.9 Å². The zero-order chi connectivity index (χ0) is 13.6. The second kappa shape index (κ2) is 6.98. The van der Waals surface area contributed by atoms with Crippen LogP contribution in [0.15, 0.2) is 10.7 Å². The fraction of sp³-hybridized carbons (Fsp3) is 0.636. The average molecular weight is 320 g/mol. The number of hydrogen-bond acceptors (Lipinski definition) is 6. The molecule has 0 aliphatic heterocycles. The Hall–Kier alpha value is -0.760. The number of nitrogens with one attached hydrogen (secondary N) is 1. The molecule has 0 amide bonds. The lowest BCUT2D eigenvalue weighted by Gasteiger charge is -2.29. The highest BCUT2D eigenvalue weighted by Crippen LogP contribution is 2.17. The Kier molecular flexibility index (Phi) is 5.94. The summed E-state index contributed by atoms with van der Waals surface area (Å²) in [4.78, 5) is 8.48. The molecule has 0 saturated carbocycles. The van der Waals surface area contributed by atoms with Crippen molar-refractivity contribution in [1.82, 2.24) is 9.97 Å². The maximum Gasteiger partial charge on any atom is 0.132 e. The molecule has 102 valence electrons. The zero-order valence-electron chi connectivity index (χ0n) is 10.2. The van der Waals surface area contributed by atoms with Crippen LogP contribution in [0, 0.1) is 0 Å². The average Bonchev–Trinajstić information content (AvgIpc) is 2.36. The van der Waals surface area contributed by atoms with Crippen molar-refractivity contribution in [2.24, 2.45) is 0 Å². The monoisotopic (exact) mass is 319 g/mol. The Bertz CT molecular complexity index is 378. The summed E-state index contributed by atoms with van der Waals surface area (Å²) < 4.78 is 0.617. The Morgan fingerprint density at radius 2 is 1.83 bits per heavy atom. The van der Waals surface area contributed by atoms with Crippen LogP contribution in [0.2, 0.25) is 0 Å². The fourth-order valence-corrected chi connectivity index (χ4v) is 1.83. The van der Waals surface area contributed by atoms with Gasteiger partial charge in [0.2, 0.25) is 0 Å². The van der Waals surface area contributed by atoms with E-state index in [-0.39, 0.29) is 0 Å². The van der Waals surface area contributed by atoms with Crippen LogP contribution in [0.1, 0.15) is 19.2 Å². The number of halogens is 1. The first-order valence-electron chi connectivity index (χ1n) is 5.73. The van der Waals surface area contributed by atoms with Crippen LogP contribution in [0.25, 0.3) is 0 Å². The molecule has 0 bridgehead atoms. The summed E-state index contributed by atoms with van der Waals surface area (Å²) in [5.41, 5.74) is -1.18. The van der Waals surface area contributed by atoms with Gasteiger partial charge in [-0.15, -0.1) is 0 Å². The van der Waals surface area contributed by atoms with Crippen molar-refractivity contribution in [2.75, 3.05) is 25.1 Å². The van der Waals surface area contributed by atoms with Crippen LogP contribution in [0.5, 0.6) is 0 Å². The third-order valence-corrected chi connectivity index (χ3v) is 2.92. The van der Waals surface area contributed by atoms with Gasteiger partial charge in [-0.25, -0.2) is 9.97 Å². The van der Waals surface area contributed by atoms with Gasteiger partial charge in [0.05, 0.1) is 19.8 Å². The lowest BCUT2D eigenvalue weighted by Crippen LogP contribution is -2.49. The van der Waals surface area contributed by atoms with Gasteiger partial charge < -0.3 is 20.6 Å². The SMILES string of the molecule is CCCc1nc(Br)cc(NC(CO)(CO)CO)n1. The number of aliphatic hydroxyl groups excluding tert-OH is 3. The Balaban J connectivity index is 2.95. The number of aliphatic hydroxyl groups is 3. The summed E-state index contributed by atoms with van der Waals surface area (Å²) in [5.74, 6) is 1.12. The summed E-state index contributed by atoms with van der Waals surface area (Å²) in [6.07, 6.45) is 1.65. The van der Waals surface area contributed by atoms with Crippen molar-refractivity contribution < 1.29 is 15.3 Å². The van der Waals surface area contributed by atoms with Gasteiger partial charge >= 0.3 is 0 Å². The van der Waals surface area contributed by atoms with Crippen LogP contribution in [0.3, 0.4) is 0 Å². The van der Waals surface area contributed by atoms with Gasteiger partial charge in [0.25, 0.3) is 0 Å². The van der Waals surface area contributed by atoms with E-state index in [2.05, 4.69) is 31.2 Å². The lowest BCUT2D eigenvalue weighted by molar-refractivity contribution is 0.0830. The molecule has 0 radical (unpaired) electrons. The molecule has 0 aromatic carbocycles. The first kappa shape index (κ1) is 15.3. The third kappa shape index (κ3) is 3.88. The number of nitrogens with zero attached hydrogens (tertiary/aromatic N) is 2. The molecule has 18 heavy (non-hydrogen) atoms. The zero-order valence-corrected chi connectivity index (χ0v) is 11.8. The second-order valence-electron chi connectivity index (χ2n) is 4.12. The van der Waals surface area contributed by atoms with E-state index in [9.17, 15) is 15.3 Å². The molecule has 1 aromatic rings. The van der Waals surface area contributed by atoms with Gasteiger partial charge in [0, 0.05) is 12.5 Å². The van der Waals surface area contributed by atoms with Crippen LogP contribution in [-0.4, -0.2) is 50.6 Å². The molecule has 0 spiro atoms. The van der Waals surface area contributed by atoms with Crippen molar-refractivity contribution in [1.29, 1.82) is 0 Å². The standard InChI is InChI=1S/C11H18BrN3O3/c1-2-3-9-13-8(12)4-10(14-9)15-11(5-16,6-17)7-18/h4,16-18H,2-3,5-7H2,1H3,(H,13,14,15). The normalized spacial score (nSPS) is 11.6. The topological polar surface area (TPSA) is 98.5 Å². The minimum Gasteiger partial charge on any atom is -0.394 e. The van der Waals surface area contributed by atoms with E-state index in [1.807, 2.05) is 6.92 Å². The van der Waals surface area contributed by atoms with E-state index < -0.39 is 25.4 Å². The maximum atomic E-state index is 9.24. The molecule has 0 aliphatic rings. The van der Waals surface area contributed by atoms with E-state index in [1.54, 1.807) is 6.07 Å². The Morgan fingerprint density at radius 3 is 2.33 bits per heavy atom. The molecule has 1 rings (SSSR count). The van der Waals surface area contributed by atoms with E-state index in [4.69, 9.17) is 0 Å². The maximum absolute atomic E-state index is 9.24. The predicted molar refractivity (Wildman–Crippen MR) is 71.3 cm³/mol. The number of aromatic nitrogens is 2. The molecule has 0 unspecified atom stereocenters. The quantitative estimate of drug-likeness (QED) is 0.540. The summed E-state index contributed by atoms with van der Waals surface area (Å²) in [6, 6.07) is 1.63. The number of aryl methyl sites for hydroxylation is 1. The predicted octanol–water partition coefficient (Wildman–Crippen LogP) is 0.319. The lowest BCUT2D eigenvalue weighted by atomic mass is 10.0. The van der Waals surface area contributed by atoms with Gasteiger partial charge in [-0.2, -0.15) is 0 Å². The summed E-state index contributed by atoms with van der Waals surface area (Å²) in [6.45, 7) is 0.830. The fourth-order valence-electron chi connectivity index (χ4n) is 1.40. The largest absolute Gasteiger partial charge is 0.394 e. The van der Waals surface area contributed by atoms with Crippen LogP contribution < -0.4 is 5.32 Å². The first-order chi connectivity index (χ1) is 8.59. The highest BCUT2D eigenvalue weighted by molar-refractivity contribution is 9.10. The minimum atomic E-state index is -1.18. The Morgan fingerprint density at radius 1 is 1.22 bits per heavy atom. The molecule has 1 aromatic heterocycles. The molecule has 0 fully saturated rings. The van der Waals surface area contributed by atoms with Gasteiger partial charge in [0.1, 0.15) is 21.8 Å². The van der Waals surface area contributed by atoms with Crippen molar-refractivity contribution >= 4 is 21.7 Å². The molecule has 0 saturated heterocycles. The smallest absolute Gasteiger partial charge is 0.132 e. The molecule has 0 atom stereocenters. The highest BCUT2D eigenvalue weighted by Gasteiger charge is 2.28. The summed E-state index contributed by atoms with van der Waals surface area (Å²) in [5, 5.41) is 30.6. The van der Waals surface area contributed by atoms with Gasteiger partial charge in [-0.3, -0.25) is 0 Å². The third-order valence-electron chi connectivity index (χ3n) is 2.52. The van der Waals surface area contributed by atoms with Crippen molar-refractivity contribution in [2.45, 2.75) is 25.3 Å². The van der Waals surface area contributed by atoms with Gasteiger partial charge in [-0.05, 0) is 22.4 Å². The van der Waals surface area contributed by atoms with Crippen LogP contribution in [0.4, 0.5) is 5.82 Å². The van der Waals surface area contributed by atoms with E-state index in [0.717, 1.165) is 12.8 Å². The number of anilines is 1. The molecule has 1 heterocycles. The minimum absolute atomic E-state index is 0.398. The van der Waals surface area contributed by atoms with E-state index in [0.29, 0.717) is 16.2 Å². The van der Waals surface area contributed by atoms with Crippen molar-refractivity contribution in [3.63, 3.8) is 0 Å². The van der Waals surface area contributed by atoms with E-state index in [1.165, 1.54) is 0 Å². The molecule has 7 heteroatoms. The molecular weight excluding hydrogens is 302 g/mol. The van der Waals surface area contributed by atoms with Gasteiger partial charge in [-0.1, -0.05) is 6.92 Å². The molecule has 4 N–H and O–H groups in total. The van der Waals surface area contributed by atoms with Crippen molar-refractivity contribution in [3.05, 3.63) is 16.5 Å². The molecular formula is C11H18BrN3O3. The van der Waals surface area contributed by atoms with Crippen molar-refractivity contribution in [3.8, 4) is 0 Å². The summed E-state index contributed by atoms with van der Waals surface area (Å²) in [7, 11) is 0. The second-order valence-corrected chi connectivity index (χ2v) is 4.93. The van der Waals surface area contributed by atoms with Crippen LogP contribution in [-0.2, 0) is 6.42 Å².